The molecule has 0 N–H and O–H groups in total. The van der Waals surface area contributed by atoms with Gasteiger partial charge in [-0.1, -0.05) is 48.5 Å². The van der Waals surface area contributed by atoms with E-state index in [1.807, 2.05) is 24.3 Å². The van der Waals surface area contributed by atoms with E-state index >= 15 is 0 Å². The Labute approximate surface area is 209 Å². The number of imide groups is 1. The van der Waals surface area contributed by atoms with Gasteiger partial charge in [-0.05, 0) is 54.8 Å². The third-order valence-corrected chi connectivity index (χ3v) is 7.00. The number of hydrogen-bond acceptors (Lipinski definition) is 4. The van der Waals surface area contributed by atoms with Crippen molar-refractivity contribution in [2.75, 3.05) is 18.0 Å². The van der Waals surface area contributed by atoms with Gasteiger partial charge < -0.3 is 4.90 Å². The lowest BCUT2D eigenvalue weighted by atomic mass is 9.98. The van der Waals surface area contributed by atoms with Crippen molar-refractivity contribution < 1.29 is 18.8 Å². The molecule has 0 radical (unpaired) electrons. The molecule has 1 atom stereocenters. The van der Waals surface area contributed by atoms with E-state index < -0.39 is 17.8 Å². The van der Waals surface area contributed by atoms with E-state index in [0.717, 1.165) is 19.6 Å². The number of benzene rings is 3. The van der Waals surface area contributed by atoms with Gasteiger partial charge in [0.1, 0.15) is 11.9 Å². The van der Waals surface area contributed by atoms with E-state index in [1.165, 1.54) is 34.7 Å². The second-order valence-corrected chi connectivity index (χ2v) is 9.34. The van der Waals surface area contributed by atoms with E-state index in [1.54, 1.807) is 29.2 Å². The van der Waals surface area contributed by atoms with Crippen molar-refractivity contribution in [3.63, 3.8) is 0 Å². The predicted molar refractivity (Wildman–Crippen MR) is 135 cm³/mol. The van der Waals surface area contributed by atoms with Gasteiger partial charge in [-0.15, -0.1) is 0 Å². The fourth-order valence-corrected chi connectivity index (χ4v) is 5.18. The lowest BCUT2D eigenvalue weighted by Gasteiger charge is -2.40. The van der Waals surface area contributed by atoms with Crippen LogP contribution in [-0.4, -0.2) is 52.7 Å². The van der Waals surface area contributed by atoms with Gasteiger partial charge in [-0.25, -0.2) is 9.29 Å². The molecule has 3 aromatic rings. The topological polar surface area (TPSA) is 60.9 Å². The van der Waals surface area contributed by atoms with Crippen LogP contribution in [0.25, 0.3) is 0 Å². The molecule has 2 aliphatic heterocycles. The highest BCUT2D eigenvalue weighted by Crippen LogP contribution is 2.30. The smallest absolute Gasteiger partial charge is 0.257 e. The third-order valence-electron chi connectivity index (χ3n) is 7.00. The summed E-state index contributed by atoms with van der Waals surface area (Å²) in [4.78, 5) is 45.3. The molecule has 7 heteroatoms. The maximum atomic E-state index is 13.7. The first-order chi connectivity index (χ1) is 17.5. The van der Waals surface area contributed by atoms with Crippen LogP contribution in [0.4, 0.5) is 10.1 Å². The number of halogens is 1. The molecule has 2 saturated heterocycles. The third kappa shape index (κ3) is 4.93. The summed E-state index contributed by atoms with van der Waals surface area (Å²) in [5, 5.41) is 0. The number of rotatable bonds is 6. The molecule has 1 unspecified atom stereocenters. The van der Waals surface area contributed by atoms with E-state index in [-0.39, 0.29) is 24.3 Å². The number of piperidine rings is 1. The number of anilines is 1. The lowest BCUT2D eigenvalue weighted by molar-refractivity contribution is -0.123. The van der Waals surface area contributed by atoms with Crippen LogP contribution in [0.3, 0.4) is 0 Å². The minimum absolute atomic E-state index is 0.0646. The van der Waals surface area contributed by atoms with Crippen LogP contribution in [0.1, 0.15) is 35.2 Å². The predicted octanol–water partition coefficient (Wildman–Crippen LogP) is 4.26. The van der Waals surface area contributed by atoms with Crippen molar-refractivity contribution in [3.05, 3.63) is 102 Å². The largest absolute Gasteiger partial charge is 0.323 e. The lowest BCUT2D eigenvalue weighted by Crippen LogP contribution is -2.54. The highest BCUT2D eigenvalue weighted by molar-refractivity contribution is 6.23. The number of carbonyl (C=O) groups excluding carboxylic acids is 3. The molecule has 2 aliphatic rings. The average molecular weight is 486 g/mol. The zero-order chi connectivity index (χ0) is 25.1. The Morgan fingerprint density at radius 3 is 2.11 bits per heavy atom. The van der Waals surface area contributed by atoms with Gasteiger partial charge in [0.05, 0.1) is 12.1 Å². The standard InChI is InChI=1S/C29H28FN3O3/c30-23-13-11-22(12-14-23)28(35)32(25-15-17-31(18-16-25)20-21-7-3-1-4-8-21)26-19-27(34)33(29(26)36)24-9-5-2-6-10-24/h1-14,25-26H,15-20H2. The average Bonchev–Trinajstić information content (AvgIpc) is 3.20. The maximum absolute atomic E-state index is 13.7. The summed E-state index contributed by atoms with van der Waals surface area (Å²) in [6, 6.07) is 23.3. The summed E-state index contributed by atoms with van der Waals surface area (Å²) < 4.78 is 13.5. The van der Waals surface area contributed by atoms with Crippen molar-refractivity contribution in [2.24, 2.45) is 0 Å². The van der Waals surface area contributed by atoms with Crippen LogP contribution < -0.4 is 4.90 Å². The molecule has 0 aromatic heterocycles. The van der Waals surface area contributed by atoms with Gasteiger partial charge in [0.15, 0.2) is 0 Å². The monoisotopic (exact) mass is 485 g/mol. The van der Waals surface area contributed by atoms with Gasteiger partial charge in [-0.3, -0.25) is 19.3 Å². The first-order valence-corrected chi connectivity index (χ1v) is 12.3. The van der Waals surface area contributed by atoms with Gasteiger partial charge in [0.2, 0.25) is 5.91 Å². The SMILES string of the molecule is O=C1CC(N(C(=O)c2ccc(F)cc2)C2CCN(Cc3ccccc3)CC2)C(=O)N1c1ccccc1. The minimum atomic E-state index is -0.888. The minimum Gasteiger partial charge on any atom is -0.323 e. The second-order valence-electron chi connectivity index (χ2n) is 9.34. The highest BCUT2D eigenvalue weighted by Gasteiger charge is 2.47. The number of carbonyl (C=O) groups is 3. The number of nitrogens with zero attached hydrogens (tertiary/aromatic N) is 3. The zero-order valence-electron chi connectivity index (χ0n) is 19.9. The van der Waals surface area contributed by atoms with E-state index in [0.29, 0.717) is 24.1 Å². The quantitative estimate of drug-likeness (QED) is 0.490. The van der Waals surface area contributed by atoms with Crippen LogP contribution >= 0.6 is 0 Å². The van der Waals surface area contributed by atoms with Crippen LogP contribution in [0.15, 0.2) is 84.9 Å². The van der Waals surface area contributed by atoms with E-state index in [4.69, 9.17) is 0 Å². The zero-order valence-corrected chi connectivity index (χ0v) is 19.9. The van der Waals surface area contributed by atoms with Crippen LogP contribution in [0, 0.1) is 5.82 Å². The van der Waals surface area contributed by atoms with Crippen molar-refractivity contribution >= 4 is 23.4 Å². The Balaban J connectivity index is 1.39. The molecule has 3 aromatic carbocycles. The Kier molecular flexibility index (Phi) is 6.91. The first-order valence-electron chi connectivity index (χ1n) is 12.3. The van der Waals surface area contributed by atoms with Crippen molar-refractivity contribution in [1.82, 2.24) is 9.80 Å². The molecule has 3 amide bonds. The van der Waals surface area contributed by atoms with E-state index in [9.17, 15) is 18.8 Å². The maximum Gasteiger partial charge on any atom is 0.257 e. The van der Waals surface area contributed by atoms with Crippen molar-refractivity contribution in [1.29, 1.82) is 0 Å². The molecule has 184 valence electrons. The molecule has 0 spiro atoms. The number of para-hydroxylation sites is 1. The molecule has 0 bridgehead atoms. The van der Waals surface area contributed by atoms with Gasteiger partial charge in [0.25, 0.3) is 11.8 Å². The van der Waals surface area contributed by atoms with Crippen LogP contribution in [-0.2, 0) is 16.1 Å². The Bertz CT molecular complexity index is 1230. The summed E-state index contributed by atoms with van der Waals surface area (Å²) in [5.74, 6) is -1.50. The molecule has 2 fully saturated rings. The molecule has 2 heterocycles. The molecule has 6 nitrogen and oxygen atoms in total. The van der Waals surface area contributed by atoms with Crippen LogP contribution in [0.5, 0.6) is 0 Å². The Morgan fingerprint density at radius 2 is 1.47 bits per heavy atom. The molecule has 5 rings (SSSR count). The second kappa shape index (κ2) is 10.4. The number of hydrogen-bond donors (Lipinski definition) is 0. The van der Waals surface area contributed by atoms with Gasteiger partial charge in [-0.2, -0.15) is 0 Å². The van der Waals surface area contributed by atoms with Gasteiger partial charge in [0, 0.05) is 31.2 Å². The van der Waals surface area contributed by atoms with Crippen molar-refractivity contribution in [3.8, 4) is 0 Å². The Hall–Kier alpha value is -3.84. The normalized spacial score (nSPS) is 19.0. The summed E-state index contributed by atoms with van der Waals surface area (Å²) in [7, 11) is 0. The fraction of sp³-hybridized carbons (Fsp3) is 0.276. The molecular weight excluding hydrogens is 457 g/mol. The highest BCUT2D eigenvalue weighted by atomic mass is 19.1. The van der Waals surface area contributed by atoms with E-state index in [2.05, 4.69) is 17.0 Å². The molecule has 36 heavy (non-hydrogen) atoms. The Morgan fingerprint density at radius 1 is 0.861 bits per heavy atom. The summed E-state index contributed by atoms with van der Waals surface area (Å²) in [6.45, 7) is 2.36. The summed E-state index contributed by atoms with van der Waals surface area (Å²) in [6.07, 6.45) is 1.30. The summed E-state index contributed by atoms with van der Waals surface area (Å²) >= 11 is 0. The van der Waals surface area contributed by atoms with Gasteiger partial charge >= 0.3 is 0 Å². The molecule has 0 saturated carbocycles. The summed E-state index contributed by atoms with van der Waals surface area (Å²) in [5.41, 5.74) is 2.04. The number of amides is 3. The molecule has 0 aliphatic carbocycles. The molecular formula is C29H28FN3O3. The fourth-order valence-electron chi connectivity index (χ4n) is 5.18. The number of likely N-dealkylation sites (tertiary alicyclic amines) is 1. The van der Waals surface area contributed by atoms with Crippen LogP contribution in [0.2, 0.25) is 0 Å². The van der Waals surface area contributed by atoms with Crippen molar-refractivity contribution in [2.45, 2.75) is 37.9 Å². The first kappa shape index (κ1) is 23.9.